The maximum absolute atomic E-state index is 12.7. The van der Waals surface area contributed by atoms with Crippen LogP contribution in [0.3, 0.4) is 0 Å². The number of anilines is 1. The summed E-state index contributed by atoms with van der Waals surface area (Å²) in [4.78, 5) is 12.7. The van der Waals surface area contributed by atoms with Gasteiger partial charge in [-0.25, -0.2) is 0 Å². The van der Waals surface area contributed by atoms with Crippen molar-refractivity contribution in [3.05, 3.63) is 64.4 Å². The second-order valence-corrected chi connectivity index (χ2v) is 7.34. The molecular weight excluding hydrogens is 324 g/mol. The topological polar surface area (TPSA) is 68.3 Å². The first kappa shape index (κ1) is 16.7. The molecule has 4 heteroatoms. The van der Waals surface area contributed by atoms with Gasteiger partial charge in [0.2, 0.25) is 5.91 Å². The molecule has 1 heterocycles. The highest BCUT2D eigenvalue weighted by molar-refractivity contribution is 5.88. The molecule has 2 aromatic carbocycles. The average Bonchev–Trinajstić information content (AvgIpc) is 2.97. The molecule has 0 saturated heterocycles. The van der Waals surface area contributed by atoms with Gasteiger partial charge in [0.15, 0.2) is 0 Å². The van der Waals surface area contributed by atoms with Gasteiger partial charge >= 0.3 is 0 Å². The van der Waals surface area contributed by atoms with Gasteiger partial charge in [0.25, 0.3) is 0 Å². The number of amides is 1. The van der Waals surface area contributed by atoms with Crippen molar-refractivity contribution in [2.45, 2.75) is 45.6 Å². The number of rotatable bonds is 3. The second kappa shape index (κ2) is 6.52. The zero-order valence-electron chi connectivity index (χ0n) is 15.3. The Morgan fingerprint density at radius 1 is 1.23 bits per heavy atom. The average molecular weight is 348 g/mol. The van der Waals surface area contributed by atoms with Crippen LogP contribution in [0.1, 0.15) is 46.7 Å². The minimum atomic E-state index is 0.0283. The summed E-state index contributed by atoms with van der Waals surface area (Å²) in [6.07, 6.45) is 5.09. The Morgan fingerprint density at radius 3 is 2.88 bits per heavy atom. The maximum Gasteiger partial charge on any atom is 0.225 e. The molecule has 0 aliphatic heterocycles. The van der Waals surface area contributed by atoms with Gasteiger partial charge in [0.05, 0.1) is 18.7 Å². The number of benzene rings is 2. The molecule has 1 aliphatic rings. The third-order valence-electron chi connectivity index (χ3n) is 5.44. The smallest absolute Gasteiger partial charge is 0.225 e. The number of hydrogen-bond acceptors (Lipinski definition) is 3. The fourth-order valence-corrected chi connectivity index (χ4v) is 3.88. The lowest BCUT2D eigenvalue weighted by atomic mass is 9.87. The second-order valence-electron chi connectivity index (χ2n) is 7.34. The van der Waals surface area contributed by atoms with Crippen molar-refractivity contribution in [3.8, 4) is 0 Å². The van der Waals surface area contributed by atoms with Crippen LogP contribution >= 0.6 is 0 Å². The standard InChI is InChI=1S/C22H24N2O2/c1-13-8-19-16(12-26-21(19)9-14(13)2)11-22(25)24-20-5-3-4-15-10-17(23)6-7-18(15)20/h6-10,12,20H,3-5,11,23H2,1-2H3,(H,24,25). The highest BCUT2D eigenvalue weighted by atomic mass is 16.3. The number of carbonyl (C=O) groups excluding carboxylic acids is 1. The Bertz CT molecular complexity index is 987. The lowest BCUT2D eigenvalue weighted by Gasteiger charge is -2.26. The third-order valence-corrected chi connectivity index (χ3v) is 5.44. The van der Waals surface area contributed by atoms with E-state index in [-0.39, 0.29) is 11.9 Å². The summed E-state index contributed by atoms with van der Waals surface area (Å²) in [5.74, 6) is 0.0283. The Balaban J connectivity index is 1.53. The molecular formula is C22H24N2O2. The Kier molecular flexibility index (Phi) is 4.19. The highest BCUT2D eigenvalue weighted by Crippen LogP contribution is 2.31. The molecule has 3 aromatic rings. The van der Waals surface area contributed by atoms with Crippen molar-refractivity contribution in [1.29, 1.82) is 0 Å². The summed E-state index contributed by atoms with van der Waals surface area (Å²) in [6.45, 7) is 4.15. The highest BCUT2D eigenvalue weighted by Gasteiger charge is 2.22. The van der Waals surface area contributed by atoms with Crippen LogP contribution in [0.4, 0.5) is 5.69 Å². The third kappa shape index (κ3) is 3.07. The van der Waals surface area contributed by atoms with E-state index >= 15 is 0 Å². The van der Waals surface area contributed by atoms with E-state index in [4.69, 9.17) is 10.2 Å². The first-order chi connectivity index (χ1) is 12.5. The molecule has 0 fully saturated rings. The Hall–Kier alpha value is -2.75. The number of nitrogen functional groups attached to an aromatic ring is 1. The molecule has 0 saturated carbocycles. The monoisotopic (exact) mass is 348 g/mol. The molecule has 1 unspecified atom stereocenters. The molecule has 4 nitrogen and oxygen atoms in total. The SMILES string of the molecule is Cc1cc2occ(CC(=O)NC3CCCc4cc(N)ccc43)c2cc1C. The van der Waals surface area contributed by atoms with Crippen molar-refractivity contribution < 1.29 is 9.21 Å². The summed E-state index contributed by atoms with van der Waals surface area (Å²) in [5, 5.41) is 4.23. The van der Waals surface area contributed by atoms with Crippen LogP contribution in [-0.4, -0.2) is 5.91 Å². The lowest BCUT2D eigenvalue weighted by Crippen LogP contribution is -2.32. The largest absolute Gasteiger partial charge is 0.464 e. The molecule has 3 N–H and O–H groups in total. The molecule has 1 aromatic heterocycles. The Labute approximate surface area is 153 Å². The van der Waals surface area contributed by atoms with Crippen molar-refractivity contribution in [3.63, 3.8) is 0 Å². The van der Waals surface area contributed by atoms with E-state index in [9.17, 15) is 4.79 Å². The first-order valence-electron chi connectivity index (χ1n) is 9.16. The van der Waals surface area contributed by atoms with Crippen LogP contribution < -0.4 is 11.1 Å². The Morgan fingerprint density at radius 2 is 2.04 bits per heavy atom. The zero-order chi connectivity index (χ0) is 18.3. The fourth-order valence-electron chi connectivity index (χ4n) is 3.88. The number of aryl methyl sites for hydroxylation is 3. The van der Waals surface area contributed by atoms with Crippen molar-refractivity contribution in [2.75, 3.05) is 5.73 Å². The minimum absolute atomic E-state index is 0.0283. The summed E-state index contributed by atoms with van der Waals surface area (Å²) < 4.78 is 5.65. The molecule has 1 aliphatic carbocycles. The molecule has 0 bridgehead atoms. The number of furan rings is 1. The number of nitrogens with one attached hydrogen (secondary N) is 1. The van der Waals surface area contributed by atoms with Gasteiger partial charge in [0, 0.05) is 16.6 Å². The van der Waals surface area contributed by atoms with Gasteiger partial charge in [-0.2, -0.15) is 0 Å². The van der Waals surface area contributed by atoms with Crippen LogP contribution in [0.5, 0.6) is 0 Å². The van der Waals surface area contributed by atoms with Crippen molar-refractivity contribution >= 4 is 22.6 Å². The van der Waals surface area contributed by atoms with Gasteiger partial charge in [-0.05, 0) is 79.6 Å². The van der Waals surface area contributed by atoms with E-state index in [1.54, 1.807) is 6.26 Å². The van der Waals surface area contributed by atoms with Crippen LogP contribution in [0, 0.1) is 13.8 Å². The minimum Gasteiger partial charge on any atom is -0.464 e. The van der Waals surface area contributed by atoms with E-state index in [1.165, 1.54) is 22.3 Å². The molecule has 134 valence electrons. The van der Waals surface area contributed by atoms with Gasteiger partial charge in [-0.1, -0.05) is 6.07 Å². The zero-order valence-corrected chi connectivity index (χ0v) is 15.3. The fraction of sp³-hybridized carbons (Fsp3) is 0.318. The lowest BCUT2D eigenvalue weighted by molar-refractivity contribution is -0.121. The molecule has 0 radical (unpaired) electrons. The van der Waals surface area contributed by atoms with Crippen LogP contribution in [0.2, 0.25) is 0 Å². The van der Waals surface area contributed by atoms with E-state index in [1.807, 2.05) is 24.3 Å². The van der Waals surface area contributed by atoms with Crippen LogP contribution in [0.15, 0.2) is 41.0 Å². The number of hydrogen-bond donors (Lipinski definition) is 2. The maximum atomic E-state index is 12.7. The molecule has 0 spiro atoms. The van der Waals surface area contributed by atoms with Gasteiger partial charge in [-0.3, -0.25) is 4.79 Å². The normalized spacial score (nSPS) is 16.5. The quantitative estimate of drug-likeness (QED) is 0.691. The van der Waals surface area contributed by atoms with E-state index in [0.717, 1.165) is 41.5 Å². The number of nitrogens with two attached hydrogens (primary N) is 1. The number of fused-ring (bicyclic) bond motifs is 2. The number of carbonyl (C=O) groups is 1. The summed E-state index contributed by atoms with van der Waals surface area (Å²) in [5.41, 5.74) is 13.3. The molecule has 26 heavy (non-hydrogen) atoms. The van der Waals surface area contributed by atoms with E-state index < -0.39 is 0 Å². The van der Waals surface area contributed by atoms with Crippen molar-refractivity contribution in [2.24, 2.45) is 0 Å². The van der Waals surface area contributed by atoms with Gasteiger partial charge < -0.3 is 15.5 Å². The molecule has 1 amide bonds. The predicted octanol–water partition coefficient (Wildman–Crippen LogP) is 4.37. The van der Waals surface area contributed by atoms with Crippen molar-refractivity contribution in [1.82, 2.24) is 5.32 Å². The first-order valence-corrected chi connectivity index (χ1v) is 9.16. The molecule has 4 rings (SSSR count). The summed E-state index contributed by atoms with van der Waals surface area (Å²) in [6, 6.07) is 10.2. The van der Waals surface area contributed by atoms with Gasteiger partial charge in [0.1, 0.15) is 5.58 Å². The van der Waals surface area contributed by atoms with Gasteiger partial charge in [-0.15, -0.1) is 0 Å². The van der Waals surface area contributed by atoms with Crippen LogP contribution in [0.25, 0.3) is 11.0 Å². The summed E-state index contributed by atoms with van der Waals surface area (Å²) >= 11 is 0. The molecule has 1 atom stereocenters. The van der Waals surface area contributed by atoms with E-state index in [0.29, 0.717) is 6.42 Å². The predicted molar refractivity (Wildman–Crippen MR) is 104 cm³/mol. The van der Waals surface area contributed by atoms with Crippen LogP contribution in [-0.2, 0) is 17.6 Å². The summed E-state index contributed by atoms with van der Waals surface area (Å²) in [7, 11) is 0. The van der Waals surface area contributed by atoms with E-state index in [2.05, 4.69) is 25.2 Å².